The normalized spacial score (nSPS) is 13.4. The van der Waals surface area contributed by atoms with Crippen LogP contribution in [0.2, 0.25) is 0 Å². The molecule has 142 valence electrons. The number of rotatable bonds is 5. The monoisotopic (exact) mass is 390 g/mol. The number of primary sulfonamides is 1. The topological polar surface area (TPSA) is 117 Å². The van der Waals surface area contributed by atoms with Gasteiger partial charge in [0.25, 0.3) is 0 Å². The van der Waals surface area contributed by atoms with Gasteiger partial charge in [0.1, 0.15) is 13.2 Å². The lowest BCUT2D eigenvalue weighted by molar-refractivity contribution is -0.111. The summed E-state index contributed by atoms with van der Waals surface area (Å²) < 4.78 is 38.8. The molecule has 0 aromatic heterocycles. The molecule has 3 rings (SSSR count). The fraction of sp³-hybridized carbons (Fsp3) is 0.167. The first kappa shape index (κ1) is 18.7. The highest BCUT2D eigenvalue weighted by molar-refractivity contribution is 7.89. The smallest absolute Gasteiger partial charge is 0.248 e. The predicted molar refractivity (Wildman–Crippen MR) is 99.5 cm³/mol. The minimum Gasteiger partial charge on any atom is -0.493 e. The number of sulfonamides is 1. The minimum absolute atomic E-state index is 0.0283. The van der Waals surface area contributed by atoms with Gasteiger partial charge in [-0.05, 0) is 48.0 Å². The number of methoxy groups -OCH3 is 1. The Morgan fingerprint density at radius 3 is 2.56 bits per heavy atom. The summed E-state index contributed by atoms with van der Waals surface area (Å²) in [5.74, 6) is 1.23. The van der Waals surface area contributed by atoms with Gasteiger partial charge in [0.15, 0.2) is 11.5 Å². The van der Waals surface area contributed by atoms with Crippen molar-refractivity contribution < 1.29 is 27.4 Å². The number of amides is 1. The molecular formula is C18H18N2O6S. The number of hydrogen-bond acceptors (Lipinski definition) is 6. The molecule has 0 saturated carbocycles. The molecule has 0 atom stereocenters. The molecule has 9 heteroatoms. The summed E-state index contributed by atoms with van der Waals surface area (Å²) in [5, 5.41) is 7.67. The molecule has 2 aromatic rings. The maximum Gasteiger partial charge on any atom is 0.248 e. The van der Waals surface area contributed by atoms with Gasteiger partial charge in [0.05, 0.1) is 12.0 Å². The Balaban J connectivity index is 1.71. The molecule has 3 N–H and O–H groups in total. The van der Waals surface area contributed by atoms with E-state index in [1.54, 1.807) is 18.2 Å². The summed E-state index contributed by atoms with van der Waals surface area (Å²) in [7, 11) is -2.24. The molecule has 2 aromatic carbocycles. The minimum atomic E-state index is -3.77. The van der Waals surface area contributed by atoms with Crippen molar-refractivity contribution in [2.75, 3.05) is 25.6 Å². The zero-order valence-corrected chi connectivity index (χ0v) is 15.3. The largest absolute Gasteiger partial charge is 0.493 e. The van der Waals surface area contributed by atoms with E-state index in [4.69, 9.17) is 19.3 Å². The van der Waals surface area contributed by atoms with Gasteiger partial charge >= 0.3 is 0 Å². The van der Waals surface area contributed by atoms with Crippen molar-refractivity contribution >= 4 is 27.7 Å². The third-order valence-electron chi connectivity index (χ3n) is 3.73. The van der Waals surface area contributed by atoms with Crippen LogP contribution in [-0.2, 0) is 14.8 Å². The Kier molecular flexibility index (Phi) is 5.33. The maximum absolute atomic E-state index is 12.1. The average Bonchev–Trinajstić information content (AvgIpc) is 2.65. The summed E-state index contributed by atoms with van der Waals surface area (Å²) in [5.41, 5.74) is 1.15. The number of carbonyl (C=O) groups excluding carboxylic acids is 1. The van der Waals surface area contributed by atoms with Crippen LogP contribution < -0.4 is 24.7 Å². The third kappa shape index (κ3) is 4.57. The predicted octanol–water partition coefficient (Wildman–Crippen LogP) is 1.77. The first-order valence-electron chi connectivity index (χ1n) is 7.96. The molecule has 0 aliphatic carbocycles. The summed E-state index contributed by atoms with van der Waals surface area (Å²) in [6.07, 6.45) is 2.95. The molecule has 0 bridgehead atoms. The Morgan fingerprint density at radius 1 is 1.19 bits per heavy atom. The Morgan fingerprint density at radius 2 is 1.89 bits per heavy atom. The van der Waals surface area contributed by atoms with Crippen molar-refractivity contribution in [1.29, 1.82) is 0 Å². The first-order chi connectivity index (χ1) is 12.9. The molecule has 8 nitrogen and oxygen atoms in total. The van der Waals surface area contributed by atoms with E-state index in [0.29, 0.717) is 41.7 Å². The Labute approximate surface area is 156 Å². The fourth-order valence-corrected chi connectivity index (χ4v) is 2.99. The second-order valence-electron chi connectivity index (χ2n) is 5.64. The van der Waals surface area contributed by atoms with Crippen molar-refractivity contribution in [2.24, 2.45) is 5.14 Å². The third-order valence-corrected chi connectivity index (χ3v) is 4.66. The highest BCUT2D eigenvalue weighted by atomic mass is 32.2. The zero-order chi connectivity index (χ0) is 19.4. The van der Waals surface area contributed by atoms with Gasteiger partial charge < -0.3 is 19.5 Å². The van der Waals surface area contributed by atoms with Crippen LogP contribution >= 0.6 is 0 Å². The van der Waals surface area contributed by atoms with Crippen LogP contribution in [0.4, 0.5) is 5.69 Å². The van der Waals surface area contributed by atoms with Crippen LogP contribution in [0.1, 0.15) is 5.56 Å². The van der Waals surface area contributed by atoms with Crippen LogP contribution in [0.3, 0.4) is 0 Å². The molecule has 1 amide bonds. The van der Waals surface area contributed by atoms with Crippen molar-refractivity contribution in [2.45, 2.75) is 4.90 Å². The zero-order valence-electron chi connectivity index (χ0n) is 14.5. The van der Waals surface area contributed by atoms with Crippen molar-refractivity contribution in [1.82, 2.24) is 0 Å². The number of carbonyl (C=O) groups is 1. The number of nitrogens with two attached hydrogens (primary N) is 1. The van der Waals surface area contributed by atoms with E-state index in [1.807, 2.05) is 0 Å². The van der Waals surface area contributed by atoms with Crippen molar-refractivity contribution in [3.05, 3.63) is 48.0 Å². The number of fused-ring (bicyclic) bond motifs is 1. The average molecular weight is 390 g/mol. The van der Waals surface area contributed by atoms with Crippen LogP contribution in [0, 0.1) is 0 Å². The van der Waals surface area contributed by atoms with Crippen molar-refractivity contribution in [3.63, 3.8) is 0 Å². The van der Waals surface area contributed by atoms with E-state index < -0.39 is 10.0 Å². The molecule has 1 aliphatic rings. The molecule has 1 heterocycles. The van der Waals surface area contributed by atoms with E-state index in [-0.39, 0.29) is 10.8 Å². The van der Waals surface area contributed by atoms with E-state index in [9.17, 15) is 13.2 Å². The lowest BCUT2D eigenvalue weighted by Gasteiger charge is -2.20. The Hall–Kier alpha value is -3.04. The van der Waals surface area contributed by atoms with Gasteiger partial charge in [-0.15, -0.1) is 0 Å². The first-order valence-corrected chi connectivity index (χ1v) is 9.51. The molecule has 0 unspecified atom stereocenters. The quantitative estimate of drug-likeness (QED) is 0.752. The molecule has 1 aliphatic heterocycles. The molecular weight excluding hydrogens is 372 g/mol. The number of nitrogens with one attached hydrogen (secondary N) is 1. The summed E-state index contributed by atoms with van der Waals surface area (Å²) >= 11 is 0. The van der Waals surface area contributed by atoms with Crippen molar-refractivity contribution in [3.8, 4) is 17.2 Å². The van der Waals surface area contributed by atoms with E-state index in [1.165, 1.54) is 37.5 Å². The summed E-state index contributed by atoms with van der Waals surface area (Å²) in [6.45, 7) is 0.892. The summed E-state index contributed by atoms with van der Waals surface area (Å²) in [4.78, 5) is 12.1. The standard InChI is InChI=1S/C18H18N2O6S/c1-24-15-10-12(11-16-18(15)26-9-8-25-16)2-7-17(21)20-13-3-5-14(6-4-13)27(19,22)23/h2-7,10-11H,8-9H2,1H3,(H,20,21)(H2,19,22,23). The van der Waals surface area contributed by atoms with E-state index in [0.717, 1.165) is 0 Å². The fourth-order valence-electron chi connectivity index (χ4n) is 2.47. The van der Waals surface area contributed by atoms with Crippen LogP contribution in [0.15, 0.2) is 47.4 Å². The highest BCUT2D eigenvalue weighted by Crippen LogP contribution is 2.40. The highest BCUT2D eigenvalue weighted by Gasteiger charge is 2.17. The molecule has 0 radical (unpaired) electrons. The molecule has 0 spiro atoms. The lowest BCUT2D eigenvalue weighted by Crippen LogP contribution is -2.16. The van der Waals surface area contributed by atoms with Gasteiger partial charge in [0, 0.05) is 11.8 Å². The van der Waals surface area contributed by atoms with E-state index >= 15 is 0 Å². The number of hydrogen-bond donors (Lipinski definition) is 2. The second-order valence-corrected chi connectivity index (χ2v) is 7.20. The van der Waals surface area contributed by atoms with Gasteiger partial charge in [-0.2, -0.15) is 0 Å². The molecule has 0 saturated heterocycles. The maximum atomic E-state index is 12.1. The van der Waals surface area contributed by atoms with Gasteiger partial charge in [-0.1, -0.05) is 0 Å². The van der Waals surface area contributed by atoms with Gasteiger partial charge in [-0.25, -0.2) is 13.6 Å². The summed E-state index contributed by atoms with van der Waals surface area (Å²) in [6, 6.07) is 9.04. The van der Waals surface area contributed by atoms with Crippen LogP contribution in [-0.4, -0.2) is 34.6 Å². The lowest BCUT2D eigenvalue weighted by atomic mass is 10.1. The van der Waals surface area contributed by atoms with Crippen LogP contribution in [0.5, 0.6) is 17.2 Å². The second kappa shape index (κ2) is 7.68. The van der Waals surface area contributed by atoms with Gasteiger partial charge in [-0.3, -0.25) is 4.79 Å². The Bertz CT molecular complexity index is 966. The number of ether oxygens (including phenoxy) is 3. The van der Waals surface area contributed by atoms with E-state index in [2.05, 4.69) is 5.32 Å². The number of benzene rings is 2. The van der Waals surface area contributed by atoms with Crippen LogP contribution in [0.25, 0.3) is 6.08 Å². The number of anilines is 1. The molecule has 27 heavy (non-hydrogen) atoms. The SMILES string of the molecule is COc1cc(C=CC(=O)Nc2ccc(S(N)(=O)=O)cc2)cc2c1OCCO2. The molecule has 0 fully saturated rings. The van der Waals surface area contributed by atoms with Gasteiger partial charge in [0.2, 0.25) is 21.7 Å².